The number of nitrogens with zero attached hydrogens (tertiary/aromatic N) is 1. The van der Waals surface area contributed by atoms with Crippen molar-refractivity contribution in [1.82, 2.24) is 0 Å². The van der Waals surface area contributed by atoms with Gasteiger partial charge in [-0.1, -0.05) is 55.7 Å². The molecule has 0 aliphatic heterocycles. The number of amides is 1. The lowest BCUT2D eigenvalue weighted by molar-refractivity contribution is -0.117. The average Bonchev–Trinajstić information content (AvgIpc) is 2.65. The molecule has 0 N–H and O–H groups in total. The molecule has 1 aliphatic rings. The summed E-state index contributed by atoms with van der Waals surface area (Å²) >= 11 is 1.99. The van der Waals surface area contributed by atoms with Gasteiger partial charge < -0.3 is 0 Å². The zero-order valence-electron chi connectivity index (χ0n) is 14.1. The zero-order chi connectivity index (χ0) is 16.6. The maximum atomic E-state index is 12.9. The van der Waals surface area contributed by atoms with Crippen LogP contribution in [0.3, 0.4) is 0 Å². The molecule has 0 radical (unpaired) electrons. The number of thioether (sulfide) groups is 1. The van der Waals surface area contributed by atoms with E-state index in [2.05, 4.69) is 0 Å². The van der Waals surface area contributed by atoms with Gasteiger partial charge in [0.15, 0.2) is 0 Å². The summed E-state index contributed by atoms with van der Waals surface area (Å²) in [5.41, 5.74) is 1.88. The van der Waals surface area contributed by atoms with Gasteiger partial charge in [0.1, 0.15) is 0 Å². The molecule has 1 fully saturated rings. The highest BCUT2D eigenvalue weighted by molar-refractivity contribution is 7.99. The van der Waals surface area contributed by atoms with Gasteiger partial charge in [-0.05, 0) is 37.1 Å². The van der Waals surface area contributed by atoms with Crippen LogP contribution in [-0.2, 0) is 4.79 Å². The first-order chi connectivity index (χ1) is 11.8. The van der Waals surface area contributed by atoms with E-state index in [4.69, 9.17) is 0 Å². The highest BCUT2D eigenvalue weighted by Gasteiger charge is 2.19. The Balaban J connectivity index is 1.65. The van der Waals surface area contributed by atoms with E-state index >= 15 is 0 Å². The number of hydrogen-bond donors (Lipinski definition) is 0. The molecule has 1 saturated carbocycles. The van der Waals surface area contributed by atoms with Crippen LogP contribution in [0, 0.1) is 0 Å². The lowest BCUT2D eigenvalue weighted by atomic mass is 10.0. The molecular weight excluding hydrogens is 314 g/mol. The SMILES string of the molecule is O=C(CCSC1CCCCC1)N(c1ccccc1)c1ccccc1. The van der Waals surface area contributed by atoms with Crippen LogP contribution in [0.15, 0.2) is 60.7 Å². The molecule has 3 heteroatoms. The Labute approximate surface area is 149 Å². The Morgan fingerprint density at radius 2 is 1.42 bits per heavy atom. The van der Waals surface area contributed by atoms with E-state index in [1.807, 2.05) is 77.3 Å². The van der Waals surface area contributed by atoms with Crippen molar-refractivity contribution in [2.24, 2.45) is 0 Å². The second-order valence-corrected chi connectivity index (χ2v) is 7.69. The molecule has 0 unspecified atom stereocenters. The molecule has 2 aromatic carbocycles. The topological polar surface area (TPSA) is 20.3 Å². The number of carbonyl (C=O) groups excluding carboxylic acids is 1. The van der Waals surface area contributed by atoms with Gasteiger partial charge in [0.25, 0.3) is 0 Å². The normalized spacial score (nSPS) is 15.2. The Kier molecular flexibility index (Phi) is 6.36. The van der Waals surface area contributed by atoms with Gasteiger partial charge in [0, 0.05) is 28.8 Å². The zero-order valence-corrected chi connectivity index (χ0v) is 14.9. The predicted molar refractivity (Wildman–Crippen MR) is 104 cm³/mol. The average molecular weight is 340 g/mol. The van der Waals surface area contributed by atoms with Crippen LogP contribution in [0.1, 0.15) is 38.5 Å². The lowest BCUT2D eigenvalue weighted by Crippen LogP contribution is -2.26. The van der Waals surface area contributed by atoms with E-state index < -0.39 is 0 Å². The largest absolute Gasteiger partial charge is 0.281 e. The smallest absolute Gasteiger partial charge is 0.232 e. The fourth-order valence-corrected chi connectivity index (χ4v) is 4.54. The summed E-state index contributed by atoms with van der Waals surface area (Å²) in [6.07, 6.45) is 7.31. The van der Waals surface area contributed by atoms with Crippen molar-refractivity contribution in [2.45, 2.75) is 43.8 Å². The summed E-state index contributed by atoms with van der Waals surface area (Å²) in [5, 5.41) is 0.758. The first kappa shape index (κ1) is 17.1. The second-order valence-electron chi connectivity index (χ2n) is 6.28. The standard InChI is InChI=1S/C21H25NOS/c23-21(16-17-24-20-14-8-3-9-15-20)22(18-10-4-1-5-11-18)19-12-6-2-7-13-19/h1-2,4-7,10-13,20H,3,8-9,14-17H2. The van der Waals surface area contributed by atoms with Crippen LogP contribution in [0.5, 0.6) is 0 Å². The fourth-order valence-electron chi connectivity index (χ4n) is 3.25. The maximum Gasteiger partial charge on any atom is 0.232 e. The Hall–Kier alpha value is -1.74. The van der Waals surface area contributed by atoms with Crippen molar-refractivity contribution in [2.75, 3.05) is 10.7 Å². The molecule has 24 heavy (non-hydrogen) atoms. The Morgan fingerprint density at radius 3 is 1.96 bits per heavy atom. The van der Waals surface area contributed by atoms with E-state index in [1.165, 1.54) is 32.1 Å². The molecule has 1 aliphatic carbocycles. The van der Waals surface area contributed by atoms with Gasteiger partial charge in [-0.25, -0.2) is 0 Å². The van der Waals surface area contributed by atoms with Crippen LogP contribution in [0.25, 0.3) is 0 Å². The maximum absolute atomic E-state index is 12.9. The van der Waals surface area contributed by atoms with E-state index in [-0.39, 0.29) is 5.91 Å². The molecular formula is C21H25NOS. The predicted octanol–water partition coefficient (Wildman–Crippen LogP) is 5.81. The third-order valence-corrected chi connectivity index (χ3v) is 5.88. The summed E-state index contributed by atoms with van der Waals surface area (Å²) in [7, 11) is 0. The Morgan fingerprint density at radius 1 is 0.875 bits per heavy atom. The second kappa shape index (κ2) is 8.93. The summed E-state index contributed by atoms with van der Waals surface area (Å²) in [5.74, 6) is 1.09. The van der Waals surface area contributed by atoms with Crippen LogP contribution in [0.4, 0.5) is 11.4 Å². The van der Waals surface area contributed by atoms with Crippen LogP contribution < -0.4 is 4.90 Å². The summed E-state index contributed by atoms with van der Waals surface area (Å²) < 4.78 is 0. The van der Waals surface area contributed by atoms with Crippen molar-refractivity contribution in [1.29, 1.82) is 0 Å². The lowest BCUT2D eigenvalue weighted by Gasteiger charge is -2.24. The van der Waals surface area contributed by atoms with Gasteiger partial charge in [-0.2, -0.15) is 11.8 Å². The summed E-state index contributed by atoms with van der Waals surface area (Å²) in [6, 6.07) is 19.9. The molecule has 0 atom stereocenters. The number of benzene rings is 2. The van der Waals surface area contributed by atoms with E-state index in [9.17, 15) is 4.79 Å². The minimum absolute atomic E-state index is 0.177. The molecule has 0 bridgehead atoms. The quantitative estimate of drug-likeness (QED) is 0.662. The fraction of sp³-hybridized carbons (Fsp3) is 0.381. The van der Waals surface area contributed by atoms with Crippen LogP contribution in [-0.4, -0.2) is 16.9 Å². The number of para-hydroxylation sites is 2. The van der Waals surface area contributed by atoms with E-state index in [1.54, 1.807) is 0 Å². The van der Waals surface area contributed by atoms with E-state index in [0.717, 1.165) is 22.4 Å². The highest BCUT2D eigenvalue weighted by atomic mass is 32.2. The van der Waals surface area contributed by atoms with Crippen molar-refractivity contribution >= 4 is 29.0 Å². The van der Waals surface area contributed by atoms with Crippen molar-refractivity contribution in [3.05, 3.63) is 60.7 Å². The molecule has 0 heterocycles. The molecule has 2 nitrogen and oxygen atoms in total. The molecule has 1 amide bonds. The number of anilines is 2. The molecule has 3 rings (SSSR count). The summed E-state index contributed by atoms with van der Waals surface area (Å²) in [6.45, 7) is 0. The third kappa shape index (κ3) is 4.64. The van der Waals surface area contributed by atoms with Gasteiger partial charge >= 0.3 is 0 Å². The molecule has 0 spiro atoms. The van der Waals surface area contributed by atoms with E-state index in [0.29, 0.717) is 6.42 Å². The minimum Gasteiger partial charge on any atom is -0.281 e. The van der Waals surface area contributed by atoms with Gasteiger partial charge in [-0.15, -0.1) is 0 Å². The molecule has 0 aromatic heterocycles. The Bertz CT molecular complexity index is 583. The number of rotatable bonds is 6. The summed E-state index contributed by atoms with van der Waals surface area (Å²) in [4.78, 5) is 14.7. The first-order valence-electron chi connectivity index (χ1n) is 8.89. The molecule has 2 aromatic rings. The van der Waals surface area contributed by atoms with Crippen molar-refractivity contribution < 1.29 is 4.79 Å². The molecule has 0 saturated heterocycles. The van der Waals surface area contributed by atoms with Crippen molar-refractivity contribution in [3.63, 3.8) is 0 Å². The third-order valence-electron chi connectivity index (χ3n) is 4.50. The number of carbonyl (C=O) groups is 1. The van der Waals surface area contributed by atoms with Gasteiger partial charge in [0.05, 0.1) is 0 Å². The van der Waals surface area contributed by atoms with Crippen LogP contribution in [0.2, 0.25) is 0 Å². The minimum atomic E-state index is 0.177. The monoisotopic (exact) mass is 339 g/mol. The van der Waals surface area contributed by atoms with Crippen molar-refractivity contribution in [3.8, 4) is 0 Å². The molecule has 126 valence electrons. The number of hydrogen-bond acceptors (Lipinski definition) is 2. The first-order valence-corrected chi connectivity index (χ1v) is 9.94. The van der Waals surface area contributed by atoms with Gasteiger partial charge in [0.2, 0.25) is 5.91 Å². The van der Waals surface area contributed by atoms with Gasteiger partial charge in [-0.3, -0.25) is 9.69 Å². The van der Waals surface area contributed by atoms with Crippen LogP contribution >= 0.6 is 11.8 Å². The highest BCUT2D eigenvalue weighted by Crippen LogP contribution is 2.30.